The fraction of sp³-hybridized carbons (Fsp3) is 0.263. The summed E-state index contributed by atoms with van der Waals surface area (Å²) >= 11 is -0.826. The minimum Gasteiger partial charge on any atom is -0.126 e. The molecular weight excluding hydrogens is 390 g/mol. The van der Waals surface area contributed by atoms with Gasteiger partial charge in [-0.05, 0) is 0 Å². The second-order valence-electron chi connectivity index (χ2n) is 4.95. The summed E-state index contributed by atoms with van der Waals surface area (Å²) in [5.41, 5.74) is 0. The minimum atomic E-state index is -0.826. The average molecular weight is 413 g/mol. The van der Waals surface area contributed by atoms with Gasteiger partial charge in [0.25, 0.3) is 0 Å². The summed E-state index contributed by atoms with van der Waals surface area (Å²) in [6, 6.07) is 19.3. The zero-order valence-electron chi connectivity index (χ0n) is 13.0. The Bertz CT molecular complexity index is 592. The SMILES string of the molecule is [CH2-]CCCCC.[Cl][Zr+2][Cl].c1ccc2c(c1)[cH-]c1ccccc12. The van der Waals surface area contributed by atoms with Crippen LogP contribution in [-0.4, -0.2) is 0 Å². The summed E-state index contributed by atoms with van der Waals surface area (Å²) in [5, 5.41) is 5.39. The van der Waals surface area contributed by atoms with Gasteiger partial charge in [0.15, 0.2) is 0 Å². The quantitative estimate of drug-likeness (QED) is 0.309. The van der Waals surface area contributed by atoms with E-state index in [9.17, 15) is 0 Å². The molecule has 0 bridgehead atoms. The van der Waals surface area contributed by atoms with E-state index in [0.29, 0.717) is 0 Å². The van der Waals surface area contributed by atoms with Crippen LogP contribution in [0.5, 0.6) is 0 Å². The van der Waals surface area contributed by atoms with Gasteiger partial charge in [0.1, 0.15) is 0 Å². The van der Waals surface area contributed by atoms with Gasteiger partial charge in [-0.3, -0.25) is 0 Å². The number of benzene rings is 2. The molecule has 0 fully saturated rings. The van der Waals surface area contributed by atoms with Crippen LogP contribution in [0.2, 0.25) is 0 Å². The van der Waals surface area contributed by atoms with Crippen LogP contribution in [0.3, 0.4) is 0 Å². The minimum absolute atomic E-state index is 0.826. The molecule has 0 atom stereocenters. The fourth-order valence-corrected chi connectivity index (χ4v) is 2.33. The van der Waals surface area contributed by atoms with E-state index < -0.39 is 20.8 Å². The first-order valence-corrected chi connectivity index (χ1v) is 13.9. The van der Waals surface area contributed by atoms with Gasteiger partial charge >= 0.3 is 37.9 Å². The molecular formula is C19H22Cl2Zr. The number of hydrogen-bond acceptors (Lipinski definition) is 0. The van der Waals surface area contributed by atoms with Crippen LogP contribution in [0.1, 0.15) is 32.6 Å². The predicted octanol–water partition coefficient (Wildman–Crippen LogP) is 7.49. The standard InChI is InChI=1S/C13H9.C6H13.2ClH.Zr/c1-3-7-12-10(5-1)9-11-6-2-4-8-13(11)12;1-3-5-6-4-2;;;/h1-9H;1,3-6H2,2H3;2*1H;/q2*-1;;;+4/p-2. The Hall–Kier alpha value is -0.227. The number of unbranched alkanes of at least 4 members (excludes halogenated alkanes) is 3. The Labute approximate surface area is 152 Å². The summed E-state index contributed by atoms with van der Waals surface area (Å²) in [6.45, 7) is 5.93. The van der Waals surface area contributed by atoms with Gasteiger partial charge < -0.3 is 6.92 Å². The van der Waals surface area contributed by atoms with Gasteiger partial charge in [-0.2, -0.15) is 6.42 Å². The van der Waals surface area contributed by atoms with Crippen LogP contribution in [0.15, 0.2) is 54.6 Å². The molecule has 3 aromatic carbocycles. The van der Waals surface area contributed by atoms with Crippen molar-refractivity contribution in [3.8, 4) is 0 Å². The maximum Gasteiger partial charge on any atom is -0.0771 e. The van der Waals surface area contributed by atoms with Crippen LogP contribution in [-0.2, 0) is 20.8 Å². The molecule has 0 unspecified atom stereocenters. The zero-order valence-corrected chi connectivity index (χ0v) is 17.0. The van der Waals surface area contributed by atoms with Crippen LogP contribution < -0.4 is 0 Å². The average Bonchev–Trinajstić information content (AvgIpc) is 2.93. The summed E-state index contributed by atoms with van der Waals surface area (Å²) < 4.78 is 0. The van der Waals surface area contributed by atoms with E-state index >= 15 is 0 Å². The molecule has 0 saturated heterocycles. The number of halogens is 2. The summed E-state index contributed by atoms with van der Waals surface area (Å²) in [4.78, 5) is 0. The largest absolute Gasteiger partial charge is 0.126 e. The topological polar surface area (TPSA) is 0 Å². The molecule has 3 heteroatoms. The van der Waals surface area contributed by atoms with Crippen molar-refractivity contribution in [3.63, 3.8) is 0 Å². The molecule has 22 heavy (non-hydrogen) atoms. The molecule has 0 spiro atoms. The molecule has 0 amide bonds. The van der Waals surface area contributed by atoms with E-state index in [0.717, 1.165) is 6.42 Å². The van der Waals surface area contributed by atoms with Crippen molar-refractivity contribution in [2.75, 3.05) is 0 Å². The van der Waals surface area contributed by atoms with E-state index in [1.165, 1.54) is 40.8 Å². The first-order valence-electron chi connectivity index (χ1n) is 7.57. The molecule has 0 N–H and O–H groups in total. The Balaban J connectivity index is 0.000000229. The molecule has 0 nitrogen and oxygen atoms in total. The van der Waals surface area contributed by atoms with E-state index in [2.05, 4.69) is 68.4 Å². The van der Waals surface area contributed by atoms with Crippen LogP contribution in [0.4, 0.5) is 0 Å². The van der Waals surface area contributed by atoms with E-state index in [-0.39, 0.29) is 0 Å². The molecule has 3 aromatic rings. The second kappa shape index (κ2) is 12.2. The van der Waals surface area contributed by atoms with Gasteiger partial charge in [0.05, 0.1) is 0 Å². The van der Waals surface area contributed by atoms with Crippen molar-refractivity contribution < 1.29 is 20.8 Å². The first-order chi connectivity index (χ1) is 10.8. The van der Waals surface area contributed by atoms with Crippen LogP contribution in [0, 0.1) is 6.92 Å². The molecule has 0 aliphatic rings. The Morgan fingerprint density at radius 2 is 1.36 bits per heavy atom. The third-order valence-corrected chi connectivity index (χ3v) is 3.38. The third kappa shape index (κ3) is 6.49. The van der Waals surface area contributed by atoms with Gasteiger partial charge in [-0.25, -0.2) is 0 Å². The second-order valence-corrected chi connectivity index (χ2v) is 8.68. The normalized spacial score (nSPS) is 9.45. The molecule has 0 aliphatic carbocycles. The van der Waals surface area contributed by atoms with Crippen molar-refractivity contribution in [2.45, 2.75) is 32.6 Å². The monoisotopic (exact) mass is 410 g/mol. The Morgan fingerprint density at radius 1 is 0.909 bits per heavy atom. The van der Waals surface area contributed by atoms with E-state index in [1.807, 2.05) is 0 Å². The molecule has 3 rings (SSSR count). The molecule has 0 aliphatic heterocycles. The maximum atomic E-state index is 4.93. The first kappa shape index (κ1) is 19.8. The summed E-state index contributed by atoms with van der Waals surface area (Å²) in [5.74, 6) is 0. The Kier molecular flexibility index (Phi) is 11.0. The maximum absolute atomic E-state index is 4.93. The van der Waals surface area contributed by atoms with Crippen molar-refractivity contribution >= 4 is 38.6 Å². The van der Waals surface area contributed by atoms with Crippen molar-refractivity contribution in [3.05, 3.63) is 61.5 Å². The van der Waals surface area contributed by atoms with E-state index in [1.54, 1.807) is 0 Å². The van der Waals surface area contributed by atoms with Gasteiger partial charge in [-0.15, -0.1) is 39.7 Å². The molecule has 0 saturated carbocycles. The molecule has 0 heterocycles. The fourth-order valence-electron chi connectivity index (χ4n) is 2.33. The molecule has 116 valence electrons. The van der Waals surface area contributed by atoms with Crippen LogP contribution in [0.25, 0.3) is 21.5 Å². The smallest absolute Gasteiger partial charge is 0.0771 e. The summed E-state index contributed by atoms with van der Waals surface area (Å²) in [6.07, 6.45) is 5.07. The number of hydrogen-bond donors (Lipinski definition) is 0. The van der Waals surface area contributed by atoms with Crippen molar-refractivity contribution in [1.82, 2.24) is 0 Å². The van der Waals surface area contributed by atoms with Crippen molar-refractivity contribution in [1.29, 1.82) is 0 Å². The number of rotatable bonds is 3. The third-order valence-electron chi connectivity index (χ3n) is 3.38. The molecule has 0 aromatic heterocycles. The van der Waals surface area contributed by atoms with E-state index in [4.69, 9.17) is 17.0 Å². The molecule has 0 radical (unpaired) electrons. The zero-order chi connectivity index (χ0) is 16.2. The predicted molar refractivity (Wildman–Crippen MR) is 98.3 cm³/mol. The van der Waals surface area contributed by atoms with Gasteiger partial charge in [0.2, 0.25) is 0 Å². The van der Waals surface area contributed by atoms with Gasteiger partial charge in [0, 0.05) is 0 Å². The van der Waals surface area contributed by atoms with Crippen LogP contribution >= 0.6 is 17.0 Å². The van der Waals surface area contributed by atoms with Crippen molar-refractivity contribution in [2.24, 2.45) is 0 Å². The number of fused-ring (bicyclic) bond motifs is 3. The Morgan fingerprint density at radius 3 is 1.73 bits per heavy atom. The summed E-state index contributed by atoms with van der Waals surface area (Å²) in [7, 11) is 9.87. The van der Waals surface area contributed by atoms with Gasteiger partial charge in [-0.1, -0.05) is 62.6 Å².